The van der Waals surface area contributed by atoms with Crippen molar-refractivity contribution >= 4 is 6.03 Å². The van der Waals surface area contributed by atoms with E-state index < -0.39 is 0 Å². The van der Waals surface area contributed by atoms with Crippen LogP contribution in [0.1, 0.15) is 44.3 Å². The van der Waals surface area contributed by atoms with E-state index in [9.17, 15) is 4.79 Å². The lowest BCUT2D eigenvalue weighted by atomic mass is 9.89. The summed E-state index contributed by atoms with van der Waals surface area (Å²) in [6.45, 7) is 5.68. The highest BCUT2D eigenvalue weighted by atomic mass is 16.5. The van der Waals surface area contributed by atoms with E-state index in [-0.39, 0.29) is 18.2 Å². The Morgan fingerprint density at radius 3 is 2.64 bits per heavy atom. The Morgan fingerprint density at radius 1 is 1.16 bits per heavy atom. The van der Waals surface area contributed by atoms with E-state index in [1.165, 1.54) is 5.56 Å². The average molecular weight is 346 g/mol. The monoisotopic (exact) mass is 346 g/mol. The molecule has 5 nitrogen and oxygen atoms in total. The van der Waals surface area contributed by atoms with Gasteiger partial charge in [0.05, 0.1) is 12.2 Å². The van der Waals surface area contributed by atoms with Crippen LogP contribution in [0.15, 0.2) is 30.3 Å². The molecule has 3 rings (SSSR count). The smallest absolute Gasteiger partial charge is 0.317 e. The third-order valence-corrected chi connectivity index (χ3v) is 5.21. The zero-order valence-electron chi connectivity index (χ0n) is 15.2. The lowest BCUT2D eigenvalue weighted by molar-refractivity contribution is -0.0272. The SMILES string of the molecule is CCN(C[C@@H]1CCCO1)C(=O)NC[C@H]1CCCO[C@@H]1c1ccccc1. The van der Waals surface area contributed by atoms with Crippen molar-refractivity contribution < 1.29 is 14.3 Å². The molecule has 2 amide bonds. The molecule has 0 radical (unpaired) electrons. The second-order valence-electron chi connectivity index (χ2n) is 6.96. The van der Waals surface area contributed by atoms with Gasteiger partial charge in [-0.2, -0.15) is 0 Å². The van der Waals surface area contributed by atoms with Crippen molar-refractivity contribution in [2.24, 2.45) is 5.92 Å². The van der Waals surface area contributed by atoms with Crippen LogP contribution in [-0.2, 0) is 9.47 Å². The van der Waals surface area contributed by atoms with Crippen LogP contribution in [0.3, 0.4) is 0 Å². The van der Waals surface area contributed by atoms with Crippen LogP contribution in [0.2, 0.25) is 0 Å². The van der Waals surface area contributed by atoms with Gasteiger partial charge in [0.25, 0.3) is 0 Å². The van der Waals surface area contributed by atoms with Crippen LogP contribution in [-0.4, -0.2) is 49.9 Å². The van der Waals surface area contributed by atoms with E-state index in [1.54, 1.807) is 0 Å². The molecular formula is C20H30N2O3. The number of urea groups is 1. The summed E-state index contributed by atoms with van der Waals surface area (Å²) in [6, 6.07) is 10.3. The van der Waals surface area contributed by atoms with Crippen molar-refractivity contribution in [3.05, 3.63) is 35.9 Å². The van der Waals surface area contributed by atoms with E-state index >= 15 is 0 Å². The Bertz CT molecular complexity index is 531. The number of ether oxygens (including phenoxy) is 2. The molecule has 3 atom stereocenters. The zero-order chi connectivity index (χ0) is 17.5. The molecule has 5 heteroatoms. The standard InChI is InChI=1S/C20H30N2O3/c1-2-22(15-18-11-7-12-24-18)20(23)21-14-17-10-6-13-25-19(17)16-8-4-3-5-9-16/h3-5,8-9,17-19H,2,6-7,10-15H2,1H3,(H,21,23)/t17-,18+,19-/m1/s1. The second-order valence-corrected chi connectivity index (χ2v) is 6.96. The van der Waals surface area contributed by atoms with Crippen molar-refractivity contribution in [3.63, 3.8) is 0 Å². The Labute approximate surface area is 150 Å². The Hall–Kier alpha value is -1.59. The average Bonchev–Trinajstić information content (AvgIpc) is 3.18. The maximum absolute atomic E-state index is 12.6. The third-order valence-electron chi connectivity index (χ3n) is 5.21. The summed E-state index contributed by atoms with van der Waals surface area (Å²) in [5.74, 6) is 0.321. The van der Waals surface area contributed by atoms with Crippen LogP contribution in [0.5, 0.6) is 0 Å². The summed E-state index contributed by atoms with van der Waals surface area (Å²) in [4.78, 5) is 14.4. The number of amides is 2. The minimum Gasteiger partial charge on any atom is -0.376 e. The van der Waals surface area contributed by atoms with E-state index in [2.05, 4.69) is 17.4 Å². The van der Waals surface area contributed by atoms with E-state index in [4.69, 9.17) is 9.47 Å². The van der Waals surface area contributed by atoms with Gasteiger partial charge >= 0.3 is 6.03 Å². The highest BCUT2D eigenvalue weighted by Crippen LogP contribution is 2.33. The summed E-state index contributed by atoms with van der Waals surface area (Å²) >= 11 is 0. The van der Waals surface area contributed by atoms with Gasteiger partial charge in [-0.3, -0.25) is 0 Å². The number of benzene rings is 1. The van der Waals surface area contributed by atoms with Crippen LogP contribution >= 0.6 is 0 Å². The van der Waals surface area contributed by atoms with Gasteiger partial charge < -0.3 is 19.7 Å². The molecule has 0 spiro atoms. The number of likely N-dealkylation sites (N-methyl/N-ethyl adjacent to an activating group) is 1. The molecule has 1 aromatic carbocycles. The van der Waals surface area contributed by atoms with Crippen LogP contribution in [0.25, 0.3) is 0 Å². The largest absolute Gasteiger partial charge is 0.376 e. The normalized spacial score (nSPS) is 26.4. The fourth-order valence-electron chi connectivity index (χ4n) is 3.78. The van der Waals surface area contributed by atoms with Crippen molar-refractivity contribution in [3.8, 4) is 0 Å². The topological polar surface area (TPSA) is 50.8 Å². The predicted octanol–water partition coefficient (Wildman–Crippen LogP) is 3.36. The highest BCUT2D eigenvalue weighted by molar-refractivity contribution is 5.74. The fraction of sp³-hybridized carbons (Fsp3) is 0.650. The minimum absolute atomic E-state index is 0.00962. The quantitative estimate of drug-likeness (QED) is 0.859. The fourth-order valence-corrected chi connectivity index (χ4v) is 3.78. The molecule has 0 aromatic heterocycles. The molecule has 2 saturated heterocycles. The first-order valence-electron chi connectivity index (χ1n) is 9.59. The molecule has 2 heterocycles. The summed E-state index contributed by atoms with van der Waals surface area (Å²) in [5.41, 5.74) is 1.20. The maximum Gasteiger partial charge on any atom is 0.317 e. The van der Waals surface area contributed by atoms with E-state index in [1.807, 2.05) is 30.0 Å². The van der Waals surface area contributed by atoms with Gasteiger partial charge in [0, 0.05) is 38.8 Å². The molecule has 0 bridgehead atoms. The zero-order valence-corrected chi connectivity index (χ0v) is 15.2. The highest BCUT2D eigenvalue weighted by Gasteiger charge is 2.28. The first kappa shape index (κ1) is 18.2. The molecular weight excluding hydrogens is 316 g/mol. The first-order valence-corrected chi connectivity index (χ1v) is 9.59. The molecule has 2 aliphatic heterocycles. The number of carbonyl (C=O) groups is 1. The van der Waals surface area contributed by atoms with Gasteiger partial charge in [0.15, 0.2) is 0 Å². The molecule has 2 aliphatic rings. The number of nitrogens with one attached hydrogen (secondary N) is 1. The summed E-state index contributed by atoms with van der Waals surface area (Å²) in [6.07, 6.45) is 4.55. The number of nitrogens with zero attached hydrogens (tertiary/aromatic N) is 1. The van der Waals surface area contributed by atoms with Crippen LogP contribution in [0.4, 0.5) is 4.79 Å². The number of carbonyl (C=O) groups excluding carboxylic acids is 1. The minimum atomic E-state index is 0.00962. The van der Waals surface area contributed by atoms with Gasteiger partial charge in [-0.15, -0.1) is 0 Å². The Kier molecular flexibility index (Phi) is 6.70. The lowest BCUT2D eigenvalue weighted by Crippen LogP contribution is -2.46. The van der Waals surface area contributed by atoms with E-state index in [0.717, 1.165) is 38.9 Å². The second kappa shape index (κ2) is 9.20. The number of rotatable bonds is 6. The van der Waals surface area contributed by atoms with Crippen molar-refractivity contribution in [1.82, 2.24) is 10.2 Å². The summed E-state index contributed by atoms with van der Waals surface area (Å²) in [5, 5.41) is 3.13. The number of hydrogen-bond donors (Lipinski definition) is 1. The molecule has 1 N–H and O–H groups in total. The molecule has 0 saturated carbocycles. The molecule has 0 aliphatic carbocycles. The van der Waals surface area contributed by atoms with E-state index in [0.29, 0.717) is 25.6 Å². The van der Waals surface area contributed by atoms with Gasteiger partial charge in [-0.25, -0.2) is 4.79 Å². The molecule has 2 fully saturated rings. The van der Waals surface area contributed by atoms with Crippen LogP contribution < -0.4 is 5.32 Å². The summed E-state index contributed by atoms with van der Waals surface area (Å²) < 4.78 is 11.7. The Morgan fingerprint density at radius 2 is 1.92 bits per heavy atom. The molecule has 1 aromatic rings. The predicted molar refractivity (Wildman–Crippen MR) is 97.5 cm³/mol. The van der Waals surface area contributed by atoms with Gasteiger partial charge in [-0.05, 0) is 38.2 Å². The first-order chi connectivity index (χ1) is 12.3. The lowest BCUT2D eigenvalue weighted by Gasteiger charge is -2.33. The molecule has 25 heavy (non-hydrogen) atoms. The van der Waals surface area contributed by atoms with Gasteiger partial charge in [0.1, 0.15) is 0 Å². The molecule has 0 unspecified atom stereocenters. The van der Waals surface area contributed by atoms with Gasteiger partial charge in [0.2, 0.25) is 0 Å². The van der Waals surface area contributed by atoms with Crippen molar-refractivity contribution in [2.45, 2.75) is 44.8 Å². The van der Waals surface area contributed by atoms with Crippen LogP contribution in [0, 0.1) is 5.92 Å². The van der Waals surface area contributed by atoms with Crippen molar-refractivity contribution in [2.75, 3.05) is 32.8 Å². The Balaban J connectivity index is 1.53. The number of hydrogen-bond acceptors (Lipinski definition) is 3. The maximum atomic E-state index is 12.6. The van der Waals surface area contributed by atoms with Crippen molar-refractivity contribution in [1.29, 1.82) is 0 Å². The summed E-state index contributed by atoms with van der Waals surface area (Å²) in [7, 11) is 0. The van der Waals surface area contributed by atoms with Gasteiger partial charge in [-0.1, -0.05) is 30.3 Å². The molecule has 138 valence electrons. The third kappa shape index (κ3) is 4.95.